The van der Waals surface area contributed by atoms with Crippen molar-refractivity contribution in [2.24, 2.45) is 0 Å². The zero-order chi connectivity index (χ0) is 15.2. The number of amides is 1. The number of anilines is 1. The summed E-state index contributed by atoms with van der Waals surface area (Å²) in [6.45, 7) is 1.76. The molecule has 2 fully saturated rings. The van der Waals surface area contributed by atoms with Crippen LogP contribution in [-0.2, 0) is 0 Å². The Morgan fingerprint density at radius 3 is 2.32 bits per heavy atom. The minimum Gasteiger partial charge on any atom is -0.381 e. The van der Waals surface area contributed by atoms with E-state index < -0.39 is 0 Å². The highest BCUT2D eigenvalue weighted by Crippen LogP contribution is 2.21. The monoisotopic (exact) mass is 301 g/mol. The Bertz CT molecular complexity index is 472. The first kappa shape index (κ1) is 15.3. The number of aromatic nitrogens is 1. The molecule has 22 heavy (non-hydrogen) atoms. The molecule has 0 aromatic carbocycles. The van der Waals surface area contributed by atoms with E-state index in [0.717, 1.165) is 31.6 Å². The van der Waals surface area contributed by atoms with Crippen molar-refractivity contribution in [1.29, 1.82) is 0 Å². The Morgan fingerprint density at radius 2 is 1.68 bits per heavy atom. The van der Waals surface area contributed by atoms with Crippen molar-refractivity contribution in [3.63, 3.8) is 0 Å². The van der Waals surface area contributed by atoms with Gasteiger partial charge >= 0.3 is 0 Å². The lowest BCUT2D eigenvalue weighted by Gasteiger charge is -2.24. The van der Waals surface area contributed by atoms with E-state index >= 15 is 0 Å². The number of carbonyl (C=O) groups is 1. The molecule has 1 aliphatic heterocycles. The third-order valence-electron chi connectivity index (χ3n) is 4.85. The van der Waals surface area contributed by atoms with Gasteiger partial charge in [-0.15, -0.1) is 0 Å². The van der Waals surface area contributed by atoms with Crippen LogP contribution in [0.5, 0.6) is 0 Å². The quantitative estimate of drug-likeness (QED) is 0.922. The minimum atomic E-state index is 0.0890. The fourth-order valence-corrected chi connectivity index (χ4v) is 3.52. The van der Waals surface area contributed by atoms with E-state index in [0.29, 0.717) is 11.7 Å². The van der Waals surface area contributed by atoms with Gasteiger partial charge in [0, 0.05) is 19.1 Å². The molecule has 0 atom stereocenters. The van der Waals surface area contributed by atoms with Crippen LogP contribution >= 0.6 is 0 Å². The standard InChI is InChI=1S/C18H27N3O/c22-18(21-12-6-1-2-7-13-21)17-11-10-16(14-19-17)20-15-8-4-3-5-9-15/h10-11,14-15,20H,1-9,12-13H2. The van der Waals surface area contributed by atoms with Gasteiger partial charge in [0.05, 0.1) is 11.9 Å². The predicted molar refractivity (Wildman–Crippen MR) is 89.1 cm³/mol. The van der Waals surface area contributed by atoms with Gasteiger partial charge in [0.2, 0.25) is 0 Å². The molecule has 1 aliphatic carbocycles. The number of carbonyl (C=O) groups excluding carboxylic acids is 1. The van der Waals surface area contributed by atoms with Gasteiger partial charge < -0.3 is 10.2 Å². The molecule has 0 unspecified atom stereocenters. The van der Waals surface area contributed by atoms with Gasteiger partial charge in [0.1, 0.15) is 5.69 Å². The van der Waals surface area contributed by atoms with Gasteiger partial charge in [0.15, 0.2) is 0 Å². The first-order valence-electron chi connectivity index (χ1n) is 8.85. The fourth-order valence-electron chi connectivity index (χ4n) is 3.52. The van der Waals surface area contributed by atoms with Crippen molar-refractivity contribution in [3.05, 3.63) is 24.0 Å². The van der Waals surface area contributed by atoms with Crippen molar-refractivity contribution in [2.75, 3.05) is 18.4 Å². The first-order valence-corrected chi connectivity index (χ1v) is 8.85. The summed E-state index contributed by atoms with van der Waals surface area (Å²) in [6.07, 6.45) is 13.0. The SMILES string of the molecule is O=C(c1ccc(NC2CCCCC2)cn1)N1CCCCCC1. The van der Waals surface area contributed by atoms with Crippen molar-refractivity contribution in [2.45, 2.75) is 63.8 Å². The molecule has 3 rings (SSSR count). The Kier molecular flexibility index (Phi) is 5.30. The summed E-state index contributed by atoms with van der Waals surface area (Å²) in [7, 11) is 0. The van der Waals surface area contributed by atoms with Gasteiger partial charge in [-0.25, -0.2) is 4.98 Å². The van der Waals surface area contributed by atoms with Gasteiger partial charge in [-0.05, 0) is 37.8 Å². The lowest BCUT2D eigenvalue weighted by molar-refractivity contribution is 0.0756. The van der Waals surface area contributed by atoms with E-state index in [1.807, 2.05) is 23.2 Å². The number of pyridine rings is 1. The molecule has 0 radical (unpaired) electrons. The van der Waals surface area contributed by atoms with Crippen LogP contribution < -0.4 is 5.32 Å². The normalized spacial score (nSPS) is 20.5. The number of nitrogens with one attached hydrogen (secondary N) is 1. The molecule has 0 bridgehead atoms. The molecule has 120 valence electrons. The molecule has 1 saturated carbocycles. The molecule has 1 N–H and O–H groups in total. The highest BCUT2D eigenvalue weighted by atomic mass is 16.2. The first-order chi connectivity index (χ1) is 10.8. The second-order valence-corrected chi connectivity index (χ2v) is 6.62. The molecule has 1 aromatic heterocycles. The topological polar surface area (TPSA) is 45.2 Å². The van der Waals surface area contributed by atoms with Crippen molar-refractivity contribution in [3.8, 4) is 0 Å². The van der Waals surface area contributed by atoms with Gasteiger partial charge in [-0.2, -0.15) is 0 Å². The molecular weight excluding hydrogens is 274 g/mol. The van der Waals surface area contributed by atoms with Gasteiger partial charge in [0.25, 0.3) is 5.91 Å². The van der Waals surface area contributed by atoms with E-state index in [-0.39, 0.29) is 5.91 Å². The molecule has 4 heteroatoms. The third kappa shape index (κ3) is 3.99. The van der Waals surface area contributed by atoms with E-state index in [4.69, 9.17) is 0 Å². The summed E-state index contributed by atoms with van der Waals surface area (Å²) in [5, 5.41) is 3.55. The number of hydrogen-bond acceptors (Lipinski definition) is 3. The lowest BCUT2D eigenvalue weighted by Crippen LogP contribution is -2.32. The molecule has 4 nitrogen and oxygen atoms in total. The zero-order valence-electron chi connectivity index (χ0n) is 13.4. The van der Waals surface area contributed by atoms with Crippen molar-refractivity contribution in [1.82, 2.24) is 9.88 Å². The smallest absolute Gasteiger partial charge is 0.272 e. The molecule has 0 spiro atoms. The highest BCUT2D eigenvalue weighted by Gasteiger charge is 2.18. The van der Waals surface area contributed by atoms with Crippen LogP contribution in [-0.4, -0.2) is 34.9 Å². The van der Waals surface area contributed by atoms with Crippen molar-refractivity contribution >= 4 is 11.6 Å². The molecule has 2 aliphatic rings. The predicted octanol–water partition coefficient (Wildman–Crippen LogP) is 3.84. The van der Waals surface area contributed by atoms with Crippen LogP contribution in [0.15, 0.2) is 18.3 Å². The van der Waals surface area contributed by atoms with Crippen LogP contribution in [0.25, 0.3) is 0 Å². The lowest BCUT2D eigenvalue weighted by atomic mass is 9.95. The minimum absolute atomic E-state index is 0.0890. The van der Waals surface area contributed by atoms with Crippen LogP contribution in [0.1, 0.15) is 68.3 Å². The van der Waals surface area contributed by atoms with Gasteiger partial charge in [-0.3, -0.25) is 4.79 Å². The average Bonchev–Trinajstić information content (AvgIpc) is 2.85. The Hall–Kier alpha value is -1.58. The van der Waals surface area contributed by atoms with Crippen LogP contribution in [0, 0.1) is 0 Å². The summed E-state index contributed by atoms with van der Waals surface area (Å²) >= 11 is 0. The third-order valence-corrected chi connectivity index (χ3v) is 4.85. The van der Waals surface area contributed by atoms with Crippen LogP contribution in [0.2, 0.25) is 0 Å². The number of hydrogen-bond donors (Lipinski definition) is 1. The average molecular weight is 301 g/mol. The van der Waals surface area contributed by atoms with E-state index in [1.54, 1.807) is 0 Å². The van der Waals surface area contributed by atoms with Crippen LogP contribution in [0.3, 0.4) is 0 Å². The maximum absolute atomic E-state index is 12.5. The summed E-state index contributed by atoms with van der Waals surface area (Å²) < 4.78 is 0. The Morgan fingerprint density at radius 1 is 1.00 bits per heavy atom. The molecule has 1 amide bonds. The zero-order valence-corrected chi connectivity index (χ0v) is 13.4. The summed E-state index contributed by atoms with van der Waals surface area (Å²) in [4.78, 5) is 18.9. The molecule has 1 aromatic rings. The summed E-state index contributed by atoms with van der Waals surface area (Å²) in [5.74, 6) is 0.0890. The van der Waals surface area contributed by atoms with Crippen molar-refractivity contribution < 1.29 is 4.79 Å². The molecular formula is C18H27N3O. The maximum atomic E-state index is 12.5. The summed E-state index contributed by atoms with van der Waals surface area (Å²) in [6, 6.07) is 4.45. The molecule has 1 saturated heterocycles. The molecule has 2 heterocycles. The largest absolute Gasteiger partial charge is 0.381 e. The van der Waals surface area contributed by atoms with Gasteiger partial charge in [-0.1, -0.05) is 32.1 Å². The van der Waals surface area contributed by atoms with E-state index in [1.165, 1.54) is 44.9 Å². The van der Waals surface area contributed by atoms with E-state index in [2.05, 4.69) is 10.3 Å². The number of rotatable bonds is 3. The number of nitrogens with zero attached hydrogens (tertiary/aromatic N) is 2. The second-order valence-electron chi connectivity index (χ2n) is 6.62. The number of likely N-dealkylation sites (tertiary alicyclic amines) is 1. The van der Waals surface area contributed by atoms with E-state index in [9.17, 15) is 4.79 Å². The summed E-state index contributed by atoms with van der Waals surface area (Å²) in [5.41, 5.74) is 1.62. The highest BCUT2D eigenvalue weighted by molar-refractivity contribution is 5.92. The Balaban J connectivity index is 1.59. The maximum Gasteiger partial charge on any atom is 0.272 e. The second kappa shape index (κ2) is 7.61. The van der Waals surface area contributed by atoms with Crippen LogP contribution in [0.4, 0.5) is 5.69 Å². The Labute approximate surface area is 133 Å². The fraction of sp³-hybridized carbons (Fsp3) is 0.667.